The van der Waals surface area contributed by atoms with Crippen molar-refractivity contribution in [3.63, 3.8) is 0 Å². The van der Waals surface area contributed by atoms with Gasteiger partial charge in [0.05, 0.1) is 6.04 Å². The number of rotatable bonds is 3. The van der Waals surface area contributed by atoms with Gasteiger partial charge in [0.25, 0.3) is 0 Å². The van der Waals surface area contributed by atoms with E-state index in [2.05, 4.69) is 41.8 Å². The van der Waals surface area contributed by atoms with Crippen LogP contribution in [0, 0.1) is 6.92 Å². The maximum atomic E-state index is 12.0. The second kappa shape index (κ2) is 8.46. The molecule has 30 heavy (non-hydrogen) atoms. The number of hydrogen-bond acceptors (Lipinski definition) is 4. The minimum atomic E-state index is -0.424. The maximum absolute atomic E-state index is 12.0. The third-order valence-electron chi connectivity index (χ3n) is 7.29. The van der Waals surface area contributed by atoms with Crippen molar-refractivity contribution in [2.24, 2.45) is 5.73 Å². The van der Waals surface area contributed by atoms with Crippen molar-refractivity contribution in [2.75, 3.05) is 44.2 Å². The van der Waals surface area contributed by atoms with Gasteiger partial charge in [-0.2, -0.15) is 0 Å². The fraction of sp³-hybridized carbons (Fsp3) is 0.652. The number of benzene rings is 1. The second-order valence-electron chi connectivity index (χ2n) is 9.18. The molecule has 3 aliphatic heterocycles. The van der Waals surface area contributed by atoms with Gasteiger partial charge in [-0.1, -0.05) is 12.1 Å². The molecule has 164 valence electrons. The monoisotopic (exact) mass is 413 g/mol. The lowest BCUT2D eigenvalue weighted by molar-refractivity contribution is -0.131. The summed E-state index contributed by atoms with van der Waals surface area (Å²) in [6.45, 7) is 11.0. The van der Waals surface area contributed by atoms with Gasteiger partial charge in [0.1, 0.15) is 0 Å². The number of carbonyl (C=O) groups is 2. The van der Waals surface area contributed by atoms with E-state index in [1.165, 1.54) is 37.1 Å². The lowest BCUT2D eigenvalue weighted by Crippen LogP contribution is -2.53. The van der Waals surface area contributed by atoms with Gasteiger partial charge in [-0.05, 0) is 56.8 Å². The second-order valence-corrected chi connectivity index (χ2v) is 9.18. The Morgan fingerprint density at radius 1 is 1.07 bits per heavy atom. The van der Waals surface area contributed by atoms with E-state index >= 15 is 0 Å². The largest absolute Gasteiger partial charge is 0.370 e. The summed E-state index contributed by atoms with van der Waals surface area (Å²) in [5.74, 6) is 0.0386. The Morgan fingerprint density at radius 2 is 1.87 bits per heavy atom. The van der Waals surface area contributed by atoms with Crippen LogP contribution < -0.4 is 10.6 Å². The minimum Gasteiger partial charge on any atom is -0.370 e. The molecule has 1 aromatic rings. The molecule has 4 rings (SSSR count). The number of carbonyl (C=O) groups excluding carboxylic acids is 2. The van der Waals surface area contributed by atoms with Crippen molar-refractivity contribution in [1.29, 1.82) is 0 Å². The topological polar surface area (TPSA) is 73.1 Å². The summed E-state index contributed by atoms with van der Waals surface area (Å²) >= 11 is 0. The van der Waals surface area contributed by atoms with Gasteiger partial charge in [-0.25, -0.2) is 4.79 Å². The van der Waals surface area contributed by atoms with E-state index in [9.17, 15) is 9.59 Å². The SMILES string of the molecule is CC(=O)N1CCN(C(N)=O)C(c2ccc(N3CCC(N4CCCC4C)C3)c(C)c2)C1. The first-order valence-electron chi connectivity index (χ1n) is 11.3. The number of aryl methyl sites for hydroxylation is 1. The molecule has 3 aliphatic rings. The van der Waals surface area contributed by atoms with Crippen LogP contribution in [0.25, 0.3) is 0 Å². The summed E-state index contributed by atoms with van der Waals surface area (Å²) < 4.78 is 0. The van der Waals surface area contributed by atoms with E-state index in [1.54, 1.807) is 16.7 Å². The van der Waals surface area contributed by atoms with Crippen LogP contribution in [-0.4, -0.2) is 78.0 Å². The molecular formula is C23H35N5O2. The van der Waals surface area contributed by atoms with Crippen molar-refractivity contribution in [3.05, 3.63) is 29.3 Å². The number of nitrogens with zero attached hydrogens (tertiary/aromatic N) is 4. The highest BCUT2D eigenvalue weighted by atomic mass is 16.2. The zero-order valence-electron chi connectivity index (χ0n) is 18.5. The van der Waals surface area contributed by atoms with Gasteiger partial charge in [0, 0.05) is 57.4 Å². The van der Waals surface area contributed by atoms with Crippen molar-refractivity contribution >= 4 is 17.6 Å². The molecule has 3 saturated heterocycles. The Hall–Kier alpha value is -2.28. The minimum absolute atomic E-state index is 0.0386. The van der Waals surface area contributed by atoms with Gasteiger partial charge in [0.2, 0.25) is 5.91 Å². The Kier molecular flexibility index (Phi) is 5.91. The summed E-state index contributed by atoms with van der Waals surface area (Å²) in [7, 11) is 0. The predicted molar refractivity (Wildman–Crippen MR) is 118 cm³/mol. The number of piperazine rings is 1. The van der Waals surface area contributed by atoms with Crippen LogP contribution in [-0.2, 0) is 4.79 Å². The van der Waals surface area contributed by atoms with Gasteiger partial charge >= 0.3 is 6.03 Å². The highest BCUT2D eigenvalue weighted by Crippen LogP contribution is 2.33. The van der Waals surface area contributed by atoms with Crippen molar-refractivity contribution < 1.29 is 9.59 Å². The molecule has 3 atom stereocenters. The third-order valence-corrected chi connectivity index (χ3v) is 7.29. The lowest BCUT2D eigenvalue weighted by atomic mass is 9.99. The smallest absolute Gasteiger partial charge is 0.315 e. The van der Waals surface area contributed by atoms with E-state index in [0.717, 1.165) is 18.7 Å². The molecule has 2 N–H and O–H groups in total. The number of urea groups is 1. The number of anilines is 1. The fourth-order valence-electron chi connectivity index (χ4n) is 5.59. The molecule has 0 aliphatic carbocycles. The number of nitrogens with two attached hydrogens (primary N) is 1. The zero-order valence-corrected chi connectivity index (χ0v) is 18.5. The van der Waals surface area contributed by atoms with Gasteiger partial charge < -0.3 is 20.4 Å². The van der Waals surface area contributed by atoms with E-state index in [-0.39, 0.29) is 11.9 Å². The van der Waals surface area contributed by atoms with E-state index in [4.69, 9.17) is 5.73 Å². The first-order chi connectivity index (χ1) is 14.3. The molecule has 3 heterocycles. The molecule has 0 bridgehead atoms. The molecule has 3 fully saturated rings. The summed E-state index contributed by atoms with van der Waals surface area (Å²) in [4.78, 5) is 32.6. The quantitative estimate of drug-likeness (QED) is 0.826. The van der Waals surface area contributed by atoms with Crippen LogP contribution in [0.15, 0.2) is 18.2 Å². The van der Waals surface area contributed by atoms with Crippen molar-refractivity contribution in [2.45, 2.75) is 58.2 Å². The van der Waals surface area contributed by atoms with Crippen molar-refractivity contribution in [3.8, 4) is 0 Å². The van der Waals surface area contributed by atoms with Crippen LogP contribution in [0.5, 0.6) is 0 Å². The number of likely N-dealkylation sites (tertiary alicyclic amines) is 1. The average Bonchev–Trinajstić information content (AvgIpc) is 3.36. The molecule has 0 spiro atoms. The van der Waals surface area contributed by atoms with E-state index in [1.807, 2.05) is 0 Å². The van der Waals surface area contributed by atoms with Crippen LogP contribution in [0.1, 0.15) is 50.3 Å². The van der Waals surface area contributed by atoms with Crippen LogP contribution in [0.2, 0.25) is 0 Å². The number of amides is 3. The van der Waals surface area contributed by atoms with Gasteiger partial charge in [-0.3, -0.25) is 9.69 Å². The summed E-state index contributed by atoms with van der Waals surface area (Å²) in [5.41, 5.74) is 9.18. The molecule has 1 aromatic carbocycles. The van der Waals surface area contributed by atoms with Crippen molar-refractivity contribution in [1.82, 2.24) is 14.7 Å². The molecule has 0 aromatic heterocycles. The summed E-state index contributed by atoms with van der Waals surface area (Å²) in [6.07, 6.45) is 3.86. The molecular weight excluding hydrogens is 378 g/mol. The van der Waals surface area contributed by atoms with Gasteiger partial charge in [0.15, 0.2) is 0 Å². The van der Waals surface area contributed by atoms with Crippen LogP contribution in [0.3, 0.4) is 0 Å². The zero-order chi connectivity index (χ0) is 21.4. The fourth-order valence-corrected chi connectivity index (χ4v) is 5.59. The predicted octanol–water partition coefficient (Wildman–Crippen LogP) is 2.34. The highest BCUT2D eigenvalue weighted by molar-refractivity contribution is 5.76. The lowest BCUT2D eigenvalue weighted by Gasteiger charge is -2.40. The molecule has 7 heteroatoms. The normalized spacial score (nSPS) is 27.7. The first-order valence-corrected chi connectivity index (χ1v) is 11.3. The molecule has 0 saturated carbocycles. The first kappa shape index (κ1) is 21.0. The molecule has 0 radical (unpaired) electrons. The standard InChI is InChI=1S/C23H35N5O2/c1-16-13-19(22-15-25(18(3)29)11-12-28(22)23(24)30)6-7-21(16)26-10-8-20(14-26)27-9-4-5-17(27)2/h6-7,13,17,20,22H,4-5,8-12,14-15H2,1-3H3,(H2,24,30). The molecule has 3 unspecified atom stereocenters. The molecule has 3 amide bonds. The van der Waals surface area contributed by atoms with Crippen LogP contribution >= 0.6 is 0 Å². The Balaban J connectivity index is 1.51. The van der Waals surface area contributed by atoms with Gasteiger partial charge in [-0.15, -0.1) is 0 Å². The average molecular weight is 414 g/mol. The number of hydrogen-bond donors (Lipinski definition) is 1. The van der Waals surface area contributed by atoms with E-state index in [0.29, 0.717) is 31.7 Å². The Morgan fingerprint density at radius 3 is 2.50 bits per heavy atom. The number of primary amides is 1. The Bertz CT molecular complexity index is 813. The summed E-state index contributed by atoms with van der Waals surface area (Å²) in [6, 6.07) is 7.20. The van der Waals surface area contributed by atoms with E-state index < -0.39 is 6.03 Å². The third kappa shape index (κ3) is 4.00. The highest BCUT2D eigenvalue weighted by Gasteiger charge is 2.34. The molecule has 7 nitrogen and oxygen atoms in total. The van der Waals surface area contributed by atoms with Crippen LogP contribution in [0.4, 0.5) is 10.5 Å². The summed E-state index contributed by atoms with van der Waals surface area (Å²) in [5, 5.41) is 0. The Labute approximate surface area is 179 Å². The maximum Gasteiger partial charge on any atom is 0.315 e.